The van der Waals surface area contributed by atoms with Gasteiger partial charge < -0.3 is 15.0 Å². The zero-order valence-corrected chi connectivity index (χ0v) is 17.5. The Hall–Kier alpha value is -2.82. The summed E-state index contributed by atoms with van der Waals surface area (Å²) in [4.78, 5) is 20.3. The second-order valence-corrected chi connectivity index (χ2v) is 8.86. The van der Waals surface area contributed by atoms with E-state index >= 15 is 0 Å². The molecule has 5 heteroatoms. The van der Waals surface area contributed by atoms with Crippen LogP contribution in [0.3, 0.4) is 0 Å². The predicted molar refractivity (Wildman–Crippen MR) is 114 cm³/mol. The molecule has 0 saturated carbocycles. The van der Waals surface area contributed by atoms with Crippen molar-refractivity contribution in [2.45, 2.75) is 40.0 Å². The number of aromatic amines is 1. The van der Waals surface area contributed by atoms with Crippen molar-refractivity contribution < 1.29 is 9.53 Å². The average Bonchev–Trinajstić information content (AvgIpc) is 3.08. The van der Waals surface area contributed by atoms with Gasteiger partial charge in [0.25, 0.3) is 0 Å². The number of ether oxygens (including phenoxy) is 1. The Morgan fingerprint density at radius 1 is 1.07 bits per heavy atom. The van der Waals surface area contributed by atoms with Crippen LogP contribution in [0.5, 0.6) is 5.75 Å². The highest BCUT2D eigenvalue weighted by Gasteiger charge is 2.26. The molecule has 0 aliphatic carbocycles. The number of aromatic nitrogens is 2. The smallest absolute Gasteiger partial charge is 0.225 e. The van der Waals surface area contributed by atoms with E-state index in [1.165, 1.54) is 0 Å². The number of amides is 1. The molecule has 3 aromatic rings. The molecule has 28 heavy (non-hydrogen) atoms. The Kier molecular flexibility index (Phi) is 5.20. The quantitative estimate of drug-likeness (QED) is 0.676. The largest absolute Gasteiger partial charge is 0.497 e. The topological polar surface area (TPSA) is 67.0 Å². The molecular formula is C23H29N3O2. The fourth-order valence-corrected chi connectivity index (χ4v) is 2.98. The maximum atomic E-state index is 12.2. The number of nitrogens with zero attached hydrogens (tertiary/aromatic N) is 1. The van der Waals surface area contributed by atoms with E-state index in [0.29, 0.717) is 6.54 Å². The van der Waals surface area contributed by atoms with Gasteiger partial charge in [-0.25, -0.2) is 4.98 Å². The maximum absolute atomic E-state index is 12.2. The summed E-state index contributed by atoms with van der Waals surface area (Å²) in [5, 5.41) is 3.07. The lowest BCUT2D eigenvalue weighted by Crippen LogP contribution is -2.41. The monoisotopic (exact) mass is 379 g/mol. The molecular weight excluding hydrogens is 350 g/mol. The summed E-state index contributed by atoms with van der Waals surface area (Å²) >= 11 is 0. The highest BCUT2D eigenvalue weighted by atomic mass is 16.5. The first-order valence-electron chi connectivity index (χ1n) is 9.53. The molecule has 1 amide bonds. The molecule has 0 aliphatic rings. The van der Waals surface area contributed by atoms with Crippen molar-refractivity contribution >= 4 is 16.9 Å². The predicted octanol–water partition coefficient (Wildman–Crippen LogP) is 4.68. The van der Waals surface area contributed by atoms with Crippen LogP contribution in [0.4, 0.5) is 0 Å². The number of carbonyl (C=O) groups is 1. The van der Waals surface area contributed by atoms with Crippen LogP contribution in [-0.4, -0.2) is 29.5 Å². The molecule has 2 N–H and O–H groups in total. The van der Waals surface area contributed by atoms with Gasteiger partial charge in [0, 0.05) is 22.9 Å². The highest BCUT2D eigenvalue weighted by Crippen LogP contribution is 2.28. The molecule has 0 bridgehead atoms. The summed E-state index contributed by atoms with van der Waals surface area (Å²) < 4.78 is 5.22. The summed E-state index contributed by atoms with van der Waals surface area (Å²) in [6, 6.07) is 14.1. The summed E-state index contributed by atoms with van der Waals surface area (Å²) in [5.41, 5.74) is 3.48. The van der Waals surface area contributed by atoms with E-state index in [1.54, 1.807) is 7.11 Å². The van der Waals surface area contributed by atoms with Crippen LogP contribution in [0.1, 0.15) is 40.2 Å². The van der Waals surface area contributed by atoms with E-state index in [2.05, 4.69) is 36.3 Å². The molecule has 1 aromatic heterocycles. The number of rotatable bonds is 5. The number of imidazole rings is 1. The van der Waals surface area contributed by atoms with Crippen LogP contribution >= 0.6 is 0 Å². The number of H-pyrrole nitrogens is 1. The third-order valence-electron chi connectivity index (χ3n) is 5.00. The number of methoxy groups -OCH3 is 1. The minimum Gasteiger partial charge on any atom is -0.497 e. The Morgan fingerprint density at radius 2 is 1.75 bits per heavy atom. The molecule has 148 valence electrons. The van der Waals surface area contributed by atoms with Crippen molar-refractivity contribution in [1.82, 2.24) is 15.3 Å². The van der Waals surface area contributed by atoms with Crippen molar-refractivity contribution in [1.29, 1.82) is 0 Å². The molecule has 0 radical (unpaired) electrons. The standard InChI is InChI=1S/C23H29N3O2/c1-22(2,3)21(27)24-14-23(4,5)16-9-12-18-19(13-16)26-20(25-18)15-7-10-17(28-6)11-8-15/h7-13H,14H2,1-6H3,(H,24,27)(H,25,26). The van der Waals surface area contributed by atoms with Gasteiger partial charge in [-0.15, -0.1) is 0 Å². The van der Waals surface area contributed by atoms with Gasteiger partial charge in [0.1, 0.15) is 11.6 Å². The van der Waals surface area contributed by atoms with E-state index in [-0.39, 0.29) is 11.3 Å². The number of fused-ring (bicyclic) bond motifs is 1. The molecule has 0 saturated heterocycles. The Balaban J connectivity index is 1.84. The van der Waals surface area contributed by atoms with Crippen molar-refractivity contribution in [2.24, 2.45) is 5.41 Å². The molecule has 2 aromatic carbocycles. The molecule has 1 heterocycles. The number of carbonyl (C=O) groups excluding carboxylic acids is 1. The zero-order chi connectivity index (χ0) is 20.5. The average molecular weight is 380 g/mol. The van der Waals surface area contributed by atoms with E-state index in [4.69, 9.17) is 9.72 Å². The van der Waals surface area contributed by atoms with Gasteiger partial charge >= 0.3 is 0 Å². The van der Waals surface area contributed by atoms with Gasteiger partial charge in [-0.2, -0.15) is 0 Å². The van der Waals surface area contributed by atoms with Gasteiger partial charge in [0.05, 0.1) is 18.1 Å². The van der Waals surface area contributed by atoms with E-state index in [0.717, 1.165) is 33.7 Å². The first-order valence-corrected chi connectivity index (χ1v) is 9.53. The van der Waals surface area contributed by atoms with Gasteiger partial charge in [-0.3, -0.25) is 4.79 Å². The summed E-state index contributed by atoms with van der Waals surface area (Å²) in [5.74, 6) is 1.71. The molecule has 0 atom stereocenters. The molecule has 0 aliphatic heterocycles. The van der Waals surface area contributed by atoms with Crippen LogP contribution in [-0.2, 0) is 10.2 Å². The Bertz CT molecular complexity index is 979. The van der Waals surface area contributed by atoms with Gasteiger partial charge in [0.15, 0.2) is 0 Å². The second-order valence-electron chi connectivity index (χ2n) is 8.86. The molecule has 5 nitrogen and oxygen atoms in total. The highest BCUT2D eigenvalue weighted by molar-refractivity contribution is 5.82. The number of hydrogen-bond donors (Lipinski definition) is 2. The molecule has 0 unspecified atom stereocenters. The number of hydrogen-bond acceptors (Lipinski definition) is 3. The van der Waals surface area contributed by atoms with Crippen LogP contribution in [0.2, 0.25) is 0 Å². The maximum Gasteiger partial charge on any atom is 0.225 e. The van der Waals surface area contributed by atoms with Crippen LogP contribution in [0.15, 0.2) is 42.5 Å². The third-order valence-corrected chi connectivity index (χ3v) is 5.00. The van der Waals surface area contributed by atoms with Gasteiger partial charge in [0.2, 0.25) is 5.91 Å². The number of benzene rings is 2. The zero-order valence-electron chi connectivity index (χ0n) is 17.5. The normalized spacial score (nSPS) is 12.2. The van der Waals surface area contributed by atoms with Crippen molar-refractivity contribution in [3.63, 3.8) is 0 Å². The van der Waals surface area contributed by atoms with Crippen LogP contribution < -0.4 is 10.1 Å². The second kappa shape index (κ2) is 7.30. The Labute approximate surface area is 166 Å². The fraction of sp³-hybridized carbons (Fsp3) is 0.391. The van der Waals surface area contributed by atoms with Gasteiger partial charge in [-0.05, 0) is 42.0 Å². The van der Waals surface area contributed by atoms with Crippen molar-refractivity contribution in [3.8, 4) is 17.1 Å². The number of nitrogens with one attached hydrogen (secondary N) is 2. The Morgan fingerprint density at radius 3 is 2.36 bits per heavy atom. The van der Waals surface area contributed by atoms with Crippen molar-refractivity contribution in [2.75, 3.05) is 13.7 Å². The van der Waals surface area contributed by atoms with Crippen molar-refractivity contribution in [3.05, 3.63) is 48.0 Å². The minimum absolute atomic E-state index is 0.0602. The fourth-order valence-electron chi connectivity index (χ4n) is 2.98. The SMILES string of the molecule is COc1ccc(-c2nc3ccc(C(C)(C)CNC(=O)C(C)(C)C)cc3[nH]2)cc1. The van der Waals surface area contributed by atoms with Gasteiger partial charge in [-0.1, -0.05) is 40.7 Å². The van der Waals surface area contributed by atoms with Crippen LogP contribution in [0, 0.1) is 5.41 Å². The lowest BCUT2D eigenvalue weighted by Gasteiger charge is -2.28. The third kappa shape index (κ3) is 4.19. The lowest BCUT2D eigenvalue weighted by atomic mass is 9.84. The summed E-state index contributed by atoms with van der Waals surface area (Å²) in [6.07, 6.45) is 0. The summed E-state index contributed by atoms with van der Waals surface area (Å²) in [7, 11) is 1.66. The first-order chi connectivity index (χ1) is 13.1. The van der Waals surface area contributed by atoms with E-state index in [1.807, 2.05) is 51.1 Å². The first kappa shape index (κ1) is 19.9. The van der Waals surface area contributed by atoms with E-state index < -0.39 is 5.41 Å². The molecule has 3 rings (SSSR count). The molecule has 0 fully saturated rings. The molecule has 0 spiro atoms. The van der Waals surface area contributed by atoms with E-state index in [9.17, 15) is 4.79 Å². The minimum atomic E-state index is -0.392. The summed E-state index contributed by atoms with van der Waals surface area (Å²) in [6.45, 7) is 10.6. The van der Waals surface area contributed by atoms with Crippen LogP contribution in [0.25, 0.3) is 22.4 Å². The lowest BCUT2D eigenvalue weighted by molar-refractivity contribution is -0.128.